The van der Waals surface area contributed by atoms with Crippen LogP contribution in [0.3, 0.4) is 0 Å². The first-order chi connectivity index (χ1) is 8.93. The minimum Gasteiger partial charge on any atom is -0.409 e. The van der Waals surface area contributed by atoms with Gasteiger partial charge in [-0.1, -0.05) is 34.4 Å². The predicted octanol–water partition coefficient (Wildman–Crippen LogP) is 2.13. The van der Waals surface area contributed by atoms with E-state index >= 15 is 0 Å². The van der Waals surface area contributed by atoms with Crippen molar-refractivity contribution in [2.45, 2.75) is 12.8 Å². The van der Waals surface area contributed by atoms with Crippen molar-refractivity contribution in [2.24, 2.45) is 10.9 Å². The first kappa shape index (κ1) is 15.6. The Labute approximate surface area is 121 Å². The van der Waals surface area contributed by atoms with E-state index in [-0.39, 0.29) is 18.2 Å². The molecule has 0 radical (unpaired) electrons. The molecular formula is C12H15Cl2N3O2. The van der Waals surface area contributed by atoms with E-state index in [9.17, 15) is 4.79 Å². The molecular weight excluding hydrogens is 289 g/mol. The normalized spacial score (nSPS) is 11.4. The van der Waals surface area contributed by atoms with Gasteiger partial charge in [-0.15, -0.1) is 0 Å². The molecule has 1 aromatic rings. The molecule has 0 heterocycles. The number of halogens is 2. The highest BCUT2D eigenvalue weighted by atomic mass is 35.5. The summed E-state index contributed by atoms with van der Waals surface area (Å²) in [6.45, 7) is 0.385. The van der Waals surface area contributed by atoms with Crippen molar-refractivity contribution in [3.05, 3.63) is 33.8 Å². The molecule has 5 nitrogen and oxygen atoms in total. The smallest absolute Gasteiger partial charge is 0.226 e. The fourth-order valence-electron chi connectivity index (χ4n) is 1.42. The summed E-state index contributed by atoms with van der Waals surface area (Å²) in [6.07, 6.45) is 0.545. The monoisotopic (exact) mass is 303 g/mol. The molecule has 0 saturated heterocycles. The molecule has 0 aliphatic carbocycles. The van der Waals surface area contributed by atoms with Crippen molar-refractivity contribution < 1.29 is 10.0 Å². The van der Waals surface area contributed by atoms with Gasteiger partial charge in [0, 0.05) is 20.0 Å². The number of oxime groups is 1. The zero-order valence-electron chi connectivity index (χ0n) is 10.4. The number of nitrogens with two attached hydrogens (primary N) is 1. The van der Waals surface area contributed by atoms with Crippen LogP contribution >= 0.6 is 23.2 Å². The average molecular weight is 304 g/mol. The molecule has 1 amide bonds. The Bertz CT molecular complexity index is 492. The van der Waals surface area contributed by atoms with Gasteiger partial charge in [-0.05, 0) is 17.7 Å². The lowest BCUT2D eigenvalue weighted by atomic mass is 10.1. The van der Waals surface area contributed by atoms with E-state index in [1.807, 2.05) is 0 Å². The van der Waals surface area contributed by atoms with Crippen LogP contribution in [0, 0.1) is 0 Å². The number of hydrogen-bond donors (Lipinski definition) is 2. The van der Waals surface area contributed by atoms with Crippen LogP contribution < -0.4 is 5.73 Å². The largest absolute Gasteiger partial charge is 0.409 e. The minimum atomic E-state index is -0.0795. The van der Waals surface area contributed by atoms with Gasteiger partial charge >= 0.3 is 0 Å². The summed E-state index contributed by atoms with van der Waals surface area (Å²) >= 11 is 11.7. The van der Waals surface area contributed by atoms with E-state index in [1.54, 1.807) is 25.2 Å². The second kappa shape index (κ2) is 7.21. The van der Waals surface area contributed by atoms with Crippen LogP contribution in [0.4, 0.5) is 0 Å². The van der Waals surface area contributed by atoms with Gasteiger partial charge in [-0.2, -0.15) is 0 Å². The summed E-state index contributed by atoms with van der Waals surface area (Å²) in [5.74, 6) is 0.0123. The molecule has 0 fully saturated rings. The number of hydrogen-bond acceptors (Lipinski definition) is 3. The zero-order chi connectivity index (χ0) is 14.4. The van der Waals surface area contributed by atoms with Crippen LogP contribution in [0.2, 0.25) is 10.0 Å². The van der Waals surface area contributed by atoms with Crippen LogP contribution in [0.5, 0.6) is 0 Å². The van der Waals surface area contributed by atoms with E-state index in [0.717, 1.165) is 5.56 Å². The van der Waals surface area contributed by atoms with E-state index in [4.69, 9.17) is 34.1 Å². The second-order valence-corrected chi connectivity index (χ2v) is 4.90. The van der Waals surface area contributed by atoms with E-state index in [2.05, 4.69) is 5.16 Å². The molecule has 0 spiro atoms. The maximum absolute atomic E-state index is 11.9. The lowest BCUT2D eigenvalue weighted by Gasteiger charge is -2.16. The highest BCUT2D eigenvalue weighted by molar-refractivity contribution is 6.42. The summed E-state index contributed by atoms with van der Waals surface area (Å²) in [5, 5.41) is 12.1. The lowest BCUT2D eigenvalue weighted by Crippen LogP contribution is -2.31. The Morgan fingerprint density at radius 1 is 1.42 bits per heavy atom. The minimum absolute atomic E-state index is 0.0795. The number of carbonyl (C=O) groups excluding carboxylic acids is 1. The molecule has 0 unspecified atom stereocenters. The molecule has 1 aromatic carbocycles. The Kier molecular flexibility index (Phi) is 5.92. The first-order valence-electron chi connectivity index (χ1n) is 5.58. The third kappa shape index (κ3) is 4.96. The van der Waals surface area contributed by atoms with Crippen molar-refractivity contribution in [2.75, 3.05) is 13.6 Å². The Morgan fingerprint density at radius 3 is 2.68 bits per heavy atom. The van der Waals surface area contributed by atoms with E-state index in [1.165, 1.54) is 4.90 Å². The molecule has 0 bridgehead atoms. The van der Waals surface area contributed by atoms with Gasteiger partial charge < -0.3 is 15.8 Å². The maximum Gasteiger partial charge on any atom is 0.226 e. The summed E-state index contributed by atoms with van der Waals surface area (Å²) < 4.78 is 0. The molecule has 0 aliphatic rings. The van der Waals surface area contributed by atoms with Crippen LogP contribution in [0.25, 0.3) is 0 Å². The van der Waals surface area contributed by atoms with Crippen molar-refractivity contribution in [1.82, 2.24) is 4.90 Å². The third-order valence-electron chi connectivity index (χ3n) is 2.60. The standard InChI is InChI=1S/C12H15Cl2N3O2/c1-17(5-4-11(15)16-19)12(18)7-8-2-3-9(13)10(14)6-8/h2-3,6,19H,4-5,7H2,1H3,(H2,15,16). The van der Waals surface area contributed by atoms with Gasteiger partial charge in [0.15, 0.2) is 0 Å². The first-order valence-corrected chi connectivity index (χ1v) is 6.34. The number of nitrogens with zero attached hydrogens (tertiary/aromatic N) is 2. The highest BCUT2D eigenvalue weighted by Crippen LogP contribution is 2.22. The van der Waals surface area contributed by atoms with Crippen LogP contribution in [-0.2, 0) is 11.2 Å². The molecule has 3 N–H and O–H groups in total. The SMILES string of the molecule is CN(CCC(N)=NO)C(=O)Cc1ccc(Cl)c(Cl)c1. The lowest BCUT2D eigenvalue weighted by molar-refractivity contribution is -0.129. The average Bonchev–Trinajstić information content (AvgIpc) is 2.39. The Balaban J connectivity index is 2.56. The van der Waals surface area contributed by atoms with Crippen molar-refractivity contribution in [3.63, 3.8) is 0 Å². The molecule has 0 saturated carbocycles. The predicted molar refractivity (Wildman–Crippen MR) is 75.8 cm³/mol. The van der Waals surface area contributed by atoms with Crippen LogP contribution in [0.1, 0.15) is 12.0 Å². The molecule has 1 rings (SSSR count). The number of carbonyl (C=O) groups is 1. The van der Waals surface area contributed by atoms with Gasteiger partial charge in [-0.3, -0.25) is 4.79 Å². The van der Waals surface area contributed by atoms with E-state index in [0.29, 0.717) is 23.0 Å². The number of benzene rings is 1. The quantitative estimate of drug-likeness (QED) is 0.378. The van der Waals surface area contributed by atoms with Gasteiger partial charge in [0.05, 0.1) is 16.5 Å². The topological polar surface area (TPSA) is 78.9 Å². The third-order valence-corrected chi connectivity index (χ3v) is 3.34. The number of rotatable bonds is 5. The molecule has 104 valence electrons. The Morgan fingerprint density at radius 2 is 2.11 bits per heavy atom. The fourth-order valence-corrected chi connectivity index (χ4v) is 1.74. The van der Waals surface area contributed by atoms with Gasteiger partial charge in [0.1, 0.15) is 5.84 Å². The van der Waals surface area contributed by atoms with E-state index < -0.39 is 0 Å². The van der Waals surface area contributed by atoms with Gasteiger partial charge in [0.25, 0.3) is 0 Å². The Hall–Kier alpha value is -1.46. The number of amides is 1. The maximum atomic E-state index is 11.9. The van der Waals surface area contributed by atoms with Crippen LogP contribution in [-0.4, -0.2) is 35.4 Å². The van der Waals surface area contributed by atoms with Gasteiger partial charge in [0.2, 0.25) is 5.91 Å². The molecule has 0 atom stereocenters. The van der Waals surface area contributed by atoms with Crippen LogP contribution in [0.15, 0.2) is 23.4 Å². The number of amidine groups is 1. The molecule has 0 aromatic heterocycles. The summed E-state index contributed by atoms with van der Waals surface area (Å²) in [5.41, 5.74) is 6.13. The molecule has 0 aliphatic heterocycles. The van der Waals surface area contributed by atoms with Gasteiger partial charge in [-0.25, -0.2) is 0 Å². The van der Waals surface area contributed by atoms with Crippen molar-refractivity contribution >= 4 is 34.9 Å². The highest BCUT2D eigenvalue weighted by Gasteiger charge is 2.11. The molecule has 19 heavy (non-hydrogen) atoms. The zero-order valence-corrected chi connectivity index (χ0v) is 11.9. The van der Waals surface area contributed by atoms with Crippen molar-refractivity contribution in [1.29, 1.82) is 0 Å². The second-order valence-electron chi connectivity index (χ2n) is 4.08. The summed E-state index contributed by atoms with van der Waals surface area (Å²) in [4.78, 5) is 13.4. The summed E-state index contributed by atoms with van der Waals surface area (Å²) in [7, 11) is 1.66. The molecule has 7 heteroatoms. The summed E-state index contributed by atoms with van der Waals surface area (Å²) in [6, 6.07) is 5.07. The number of likely N-dealkylation sites (N-methyl/N-ethyl adjacent to an activating group) is 1. The van der Waals surface area contributed by atoms with Crippen molar-refractivity contribution in [3.8, 4) is 0 Å². The fraction of sp³-hybridized carbons (Fsp3) is 0.333.